The molecule has 2 rings (SSSR count). The first-order valence-electron chi connectivity index (χ1n) is 6.15. The molecule has 2 aromatic rings. The molecule has 0 aliphatic heterocycles. The summed E-state index contributed by atoms with van der Waals surface area (Å²) in [7, 11) is 0. The number of hydrogen-bond acceptors (Lipinski definition) is 6. The number of nitrogens with zero attached hydrogens (tertiary/aromatic N) is 2. The van der Waals surface area contributed by atoms with E-state index in [0.29, 0.717) is 6.42 Å². The van der Waals surface area contributed by atoms with Gasteiger partial charge in [0.15, 0.2) is 5.69 Å². The van der Waals surface area contributed by atoms with E-state index in [2.05, 4.69) is 10.3 Å². The van der Waals surface area contributed by atoms with E-state index in [-0.39, 0.29) is 23.2 Å². The standard InChI is InChI=1S/C13H13N3O4S/c1-8(7-9-3-2-6-21-9)14-12-11(16(19)20)5-4-10(15-12)13(17)18/h2-6,8H,7H2,1H3,(H,14,15)(H,17,18). The van der Waals surface area contributed by atoms with Crippen molar-refractivity contribution >= 4 is 28.8 Å². The van der Waals surface area contributed by atoms with E-state index >= 15 is 0 Å². The molecule has 0 radical (unpaired) electrons. The first kappa shape index (κ1) is 14.9. The van der Waals surface area contributed by atoms with Crippen LogP contribution in [0.4, 0.5) is 11.5 Å². The van der Waals surface area contributed by atoms with Crippen molar-refractivity contribution in [3.05, 3.63) is 50.3 Å². The normalized spacial score (nSPS) is 11.9. The number of aromatic carboxylic acids is 1. The Morgan fingerprint density at radius 3 is 2.86 bits per heavy atom. The van der Waals surface area contributed by atoms with Crippen LogP contribution in [0.15, 0.2) is 29.6 Å². The van der Waals surface area contributed by atoms with Crippen LogP contribution in [0, 0.1) is 10.1 Å². The smallest absolute Gasteiger partial charge is 0.354 e. The van der Waals surface area contributed by atoms with Gasteiger partial charge in [0.25, 0.3) is 0 Å². The van der Waals surface area contributed by atoms with Gasteiger partial charge in [-0.15, -0.1) is 11.3 Å². The van der Waals surface area contributed by atoms with E-state index in [9.17, 15) is 14.9 Å². The van der Waals surface area contributed by atoms with Gasteiger partial charge in [0.05, 0.1) is 4.92 Å². The summed E-state index contributed by atoms with van der Waals surface area (Å²) in [6.45, 7) is 1.86. The van der Waals surface area contributed by atoms with Crippen LogP contribution in [0.3, 0.4) is 0 Å². The second-order valence-corrected chi connectivity index (χ2v) is 5.49. The Morgan fingerprint density at radius 2 is 2.29 bits per heavy atom. The fraction of sp³-hybridized carbons (Fsp3) is 0.231. The van der Waals surface area contributed by atoms with E-state index in [1.165, 1.54) is 0 Å². The predicted molar refractivity (Wildman–Crippen MR) is 79.0 cm³/mol. The summed E-state index contributed by atoms with van der Waals surface area (Å²) in [6, 6.07) is 6.06. The Balaban J connectivity index is 2.21. The van der Waals surface area contributed by atoms with Crippen LogP contribution >= 0.6 is 11.3 Å². The van der Waals surface area contributed by atoms with Gasteiger partial charge in [-0.05, 0) is 24.4 Å². The molecule has 21 heavy (non-hydrogen) atoms. The first-order valence-corrected chi connectivity index (χ1v) is 7.03. The number of nitro groups is 1. The van der Waals surface area contributed by atoms with Crippen LogP contribution in [-0.4, -0.2) is 27.0 Å². The maximum absolute atomic E-state index is 11.0. The van der Waals surface area contributed by atoms with Crippen LogP contribution in [0.5, 0.6) is 0 Å². The third-order valence-corrected chi connectivity index (χ3v) is 3.66. The average Bonchev–Trinajstić information content (AvgIpc) is 2.90. The van der Waals surface area contributed by atoms with Crippen LogP contribution in [0.1, 0.15) is 22.3 Å². The van der Waals surface area contributed by atoms with Crippen molar-refractivity contribution < 1.29 is 14.8 Å². The van der Waals surface area contributed by atoms with Gasteiger partial charge < -0.3 is 10.4 Å². The van der Waals surface area contributed by atoms with Gasteiger partial charge >= 0.3 is 11.7 Å². The maximum atomic E-state index is 11.0. The second kappa shape index (κ2) is 6.31. The van der Waals surface area contributed by atoms with Crippen molar-refractivity contribution in [1.82, 2.24) is 4.98 Å². The highest BCUT2D eigenvalue weighted by Crippen LogP contribution is 2.24. The van der Waals surface area contributed by atoms with Gasteiger partial charge in [-0.1, -0.05) is 6.07 Å². The van der Waals surface area contributed by atoms with Crippen LogP contribution in [0.25, 0.3) is 0 Å². The molecule has 0 aliphatic rings. The maximum Gasteiger partial charge on any atom is 0.354 e. The summed E-state index contributed by atoms with van der Waals surface area (Å²) in [5, 5.41) is 24.8. The Hall–Kier alpha value is -2.48. The van der Waals surface area contributed by atoms with Crippen molar-refractivity contribution in [3.8, 4) is 0 Å². The highest BCUT2D eigenvalue weighted by Gasteiger charge is 2.20. The topological polar surface area (TPSA) is 105 Å². The molecule has 110 valence electrons. The molecule has 0 aliphatic carbocycles. The fourth-order valence-corrected chi connectivity index (χ4v) is 2.67. The zero-order chi connectivity index (χ0) is 15.4. The summed E-state index contributed by atoms with van der Waals surface area (Å²) < 4.78 is 0. The lowest BCUT2D eigenvalue weighted by atomic mass is 10.2. The van der Waals surface area contributed by atoms with Gasteiger partial charge in [0, 0.05) is 23.4 Å². The molecule has 0 fully saturated rings. The van der Waals surface area contributed by atoms with Gasteiger partial charge in [-0.2, -0.15) is 0 Å². The second-order valence-electron chi connectivity index (χ2n) is 4.46. The molecule has 0 bridgehead atoms. The molecule has 1 atom stereocenters. The zero-order valence-corrected chi connectivity index (χ0v) is 12.0. The Labute approximate surface area is 124 Å². The summed E-state index contributed by atoms with van der Waals surface area (Å²) in [5.74, 6) is -1.25. The predicted octanol–water partition coefficient (Wildman–Crippen LogP) is 2.79. The number of anilines is 1. The number of thiophene rings is 1. The molecule has 2 heterocycles. The first-order chi connectivity index (χ1) is 9.97. The third kappa shape index (κ3) is 3.76. The monoisotopic (exact) mass is 307 g/mol. The quantitative estimate of drug-likeness (QED) is 0.628. The van der Waals surface area contributed by atoms with Crippen molar-refractivity contribution in [3.63, 3.8) is 0 Å². The minimum absolute atomic E-state index is 0.0241. The van der Waals surface area contributed by atoms with Crippen molar-refractivity contribution in [2.45, 2.75) is 19.4 Å². The van der Waals surface area contributed by atoms with Crippen LogP contribution < -0.4 is 5.32 Å². The molecule has 0 saturated carbocycles. The minimum Gasteiger partial charge on any atom is -0.477 e. The third-order valence-electron chi connectivity index (χ3n) is 2.76. The Kier molecular flexibility index (Phi) is 4.49. The molecule has 0 saturated heterocycles. The SMILES string of the molecule is CC(Cc1cccs1)Nc1nc(C(=O)O)ccc1[N+](=O)[O-]. The van der Waals surface area contributed by atoms with Gasteiger partial charge in [0.2, 0.25) is 5.82 Å². The zero-order valence-electron chi connectivity index (χ0n) is 11.1. The molecule has 2 N–H and O–H groups in total. The van der Waals surface area contributed by atoms with Gasteiger partial charge in [0.1, 0.15) is 0 Å². The summed E-state index contributed by atoms with van der Waals surface area (Å²) in [5.41, 5.74) is -0.468. The lowest BCUT2D eigenvalue weighted by Gasteiger charge is -2.14. The summed E-state index contributed by atoms with van der Waals surface area (Å²) in [6.07, 6.45) is 0.674. The van der Waals surface area contributed by atoms with Gasteiger partial charge in [-0.3, -0.25) is 10.1 Å². The van der Waals surface area contributed by atoms with Crippen molar-refractivity contribution in [2.24, 2.45) is 0 Å². The van der Waals surface area contributed by atoms with E-state index in [1.807, 2.05) is 24.4 Å². The number of rotatable bonds is 6. The Morgan fingerprint density at radius 1 is 1.52 bits per heavy atom. The molecule has 0 spiro atoms. The van der Waals surface area contributed by atoms with E-state index < -0.39 is 10.9 Å². The number of aromatic nitrogens is 1. The number of nitrogens with one attached hydrogen (secondary N) is 1. The summed E-state index contributed by atoms with van der Waals surface area (Å²) >= 11 is 1.59. The van der Waals surface area contributed by atoms with Crippen molar-refractivity contribution in [1.29, 1.82) is 0 Å². The van der Waals surface area contributed by atoms with E-state index in [1.54, 1.807) is 11.3 Å². The van der Waals surface area contributed by atoms with Crippen molar-refractivity contribution in [2.75, 3.05) is 5.32 Å². The number of carboxylic acids is 1. The number of carboxylic acid groups (broad SMARTS) is 1. The summed E-state index contributed by atoms with van der Waals surface area (Å²) in [4.78, 5) is 26.3. The molecule has 0 amide bonds. The van der Waals surface area contributed by atoms with E-state index in [4.69, 9.17) is 5.11 Å². The van der Waals surface area contributed by atoms with Crippen LogP contribution in [-0.2, 0) is 6.42 Å². The number of hydrogen-bond donors (Lipinski definition) is 2. The average molecular weight is 307 g/mol. The molecular weight excluding hydrogens is 294 g/mol. The van der Waals surface area contributed by atoms with Gasteiger partial charge in [-0.25, -0.2) is 9.78 Å². The molecule has 8 heteroatoms. The lowest BCUT2D eigenvalue weighted by Crippen LogP contribution is -2.20. The lowest BCUT2D eigenvalue weighted by molar-refractivity contribution is -0.384. The highest BCUT2D eigenvalue weighted by atomic mass is 32.1. The number of pyridine rings is 1. The molecule has 0 aromatic carbocycles. The highest BCUT2D eigenvalue weighted by molar-refractivity contribution is 7.09. The molecular formula is C13H13N3O4S. The molecule has 7 nitrogen and oxygen atoms in total. The fourth-order valence-electron chi connectivity index (χ4n) is 1.84. The van der Waals surface area contributed by atoms with E-state index in [0.717, 1.165) is 17.0 Å². The molecule has 1 unspecified atom stereocenters. The Bertz CT molecular complexity index is 657. The largest absolute Gasteiger partial charge is 0.477 e. The number of carbonyl (C=O) groups is 1. The van der Waals surface area contributed by atoms with Crippen LogP contribution in [0.2, 0.25) is 0 Å². The minimum atomic E-state index is -1.22. The molecule has 2 aromatic heterocycles.